The molecule has 3 N–H and O–H groups in total. The fourth-order valence-electron chi connectivity index (χ4n) is 8.55. The van der Waals surface area contributed by atoms with E-state index in [-0.39, 0.29) is 28.8 Å². The third kappa shape index (κ3) is 2.20. The molecule has 4 saturated carbocycles. The number of cyclic esters (lactones) is 1. The normalized spacial score (nSPS) is 54.6. The molecule has 27 heavy (non-hydrogen) atoms. The number of nitrogens with two attached hydrogens (primary N) is 1. The van der Waals surface area contributed by atoms with Gasteiger partial charge in [-0.05, 0) is 86.0 Å². The van der Waals surface area contributed by atoms with E-state index in [0.29, 0.717) is 18.4 Å². The summed E-state index contributed by atoms with van der Waals surface area (Å²) in [5, 5.41) is 12.2. The lowest BCUT2D eigenvalue weighted by Crippen LogP contribution is -2.65. The highest BCUT2D eigenvalue weighted by molar-refractivity contribution is 5.85. The second-order valence-corrected chi connectivity index (χ2v) is 10.7. The van der Waals surface area contributed by atoms with Crippen LogP contribution < -0.4 is 5.73 Å². The third-order valence-electron chi connectivity index (χ3n) is 10.1. The summed E-state index contributed by atoms with van der Waals surface area (Å²) in [7, 11) is 0. The summed E-state index contributed by atoms with van der Waals surface area (Å²) in [5.74, 6) is 1.69. The summed E-state index contributed by atoms with van der Waals surface area (Å²) in [5.41, 5.74) is 7.27. The zero-order valence-electron chi connectivity index (χ0n) is 16.9. The van der Waals surface area contributed by atoms with Crippen molar-refractivity contribution in [1.29, 1.82) is 0 Å². The summed E-state index contributed by atoms with van der Waals surface area (Å²) in [6.45, 7) is 5.16. The zero-order chi connectivity index (χ0) is 19.0. The monoisotopic (exact) mass is 373 g/mol. The minimum absolute atomic E-state index is 0.143. The van der Waals surface area contributed by atoms with Crippen LogP contribution in [0.2, 0.25) is 0 Å². The number of aliphatic hydroxyl groups is 1. The number of fused-ring (bicyclic) bond motifs is 5. The van der Waals surface area contributed by atoms with E-state index in [4.69, 9.17) is 10.5 Å². The van der Waals surface area contributed by atoms with Crippen LogP contribution in [-0.2, 0) is 9.53 Å². The average Bonchev–Trinajstić information content (AvgIpc) is 3.17. The van der Waals surface area contributed by atoms with Crippen molar-refractivity contribution in [3.63, 3.8) is 0 Å². The van der Waals surface area contributed by atoms with Gasteiger partial charge in [0.05, 0.1) is 5.60 Å². The van der Waals surface area contributed by atoms with E-state index in [9.17, 15) is 9.90 Å². The van der Waals surface area contributed by atoms with Gasteiger partial charge in [-0.1, -0.05) is 20.3 Å². The minimum atomic E-state index is -0.627. The predicted molar refractivity (Wildman–Crippen MR) is 104 cm³/mol. The number of ether oxygens (including phenoxy) is 1. The lowest BCUT2D eigenvalue weighted by atomic mass is 9.42. The molecule has 1 unspecified atom stereocenters. The van der Waals surface area contributed by atoms with E-state index < -0.39 is 5.60 Å². The van der Waals surface area contributed by atoms with Gasteiger partial charge >= 0.3 is 5.97 Å². The lowest BCUT2D eigenvalue weighted by molar-refractivity contribution is -0.206. The standard InChI is InChI=1S/C23H35NO3/c1-21-10-8-17-18(7-6-15-4-3-5-19(24)22(15,17)2)23(21,26)11-9-16(21)14-12-20(25)27-13-14/h12,15-19,26H,3-11,13,24H2,1-2H3/t15-,16+,17-,18+,19?,21+,22-,23-/m0/s1. The highest BCUT2D eigenvalue weighted by Gasteiger charge is 2.68. The van der Waals surface area contributed by atoms with Gasteiger partial charge in [-0.3, -0.25) is 0 Å². The van der Waals surface area contributed by atoms with E-state index in [1.165, 1.54) is 25.7 Å². The Labute approximate surface area is 162 Å². The highest BCUT2D eigenvalue weighted by atomic mass is 16.5. The van der Waals surface area contributed by atoms with E-state index in [1.807, 2.05) is 0 Å². The molecule has 1 aliphatic heterocycles. The SMILES string of the molecule is C[C@]12C(N)CCC[C@H]1CC[C@@H]1[C@@H]2CC[C@]2(C)[C@@H](C3=CC(=O)OC3)CC[C@]12O. The Morgan fingerprint density at radius 1 is 1.07 bits per heavy atom. The molecule has 150 valence electrons. The molecule has 0 aromatic carbocycles. The number of carbonyl (C=O) groups excluding carboxylic acids is 1. The van der Waals surface area contributed by atoms with Crippen LogP contribution in [-0.4, -0.2) is 29.3 Å². The second kappa shape index (κ2) is 5.82. The van der Waals surface area contributed by atoms with Gasteiger partial charge in [0.1, 0.15) is 6.61 Å². The highest BCUT2D eigenvalue weighted by Crippen LogP contribution is 2.69. The molecule has 4 heteroatoms. The Balaban J connectivity index is 1.50. The minimum Gasteiger partial charge on any atom is -0.458 e. The van der Waals surface area contributed by atoms with Gasteiger partial charge in [-0.15, -0.1) is 0 Å². The van der Waals surface area contributed by atoms with Crippen LogP contribution in [0.5, 0.6) is 0 Å². The van der Waals surface area contributed by atoms with Gasteiger partial charge in [0.25, 0.3) is 0 Å². The number of esters is 1. The molecule has 1 heterocycles. The molecular formula is C23H35NO3. The molecule has 0 radical (unpaired) electrons. The first-order valence-electron chi connectivity index (χ1n) is 11.2. The smallest absolute Gasteiger partial charge is 0.331 e. The van der Waals surface area contributed by atoms with Gasteiger partial charge in [-0.25, -0.2) is 4.79 Å². The molecule has 0 saturated heterocycles. The van der Waals surface area contributed by atoms with Crippen molar-refractivity contribution in [2.24, 2.45) is 40.2 Å². The summed E-state index contributed by atoms with van der Waals surface area (Å²) in [6.07, 6.45) is 11.8. The first-order chi connectivity index (χ1) is 12.8. The molecule has 0 bridgehead atoms. The lowest BCUT2D eigenvalue weighted by Gasteiger charge is -2.64. The van der Waals surface area contributed by atoms with E-state index >= 15 is 0 Å². The molecule has 5 rings (SSSR count). The summed E-state index contributed by atoms with van der Waals surface area (Å²) >= 11 is 0. The average molecular weight is 374 g/mol. The number of carbonyl (C=O) groups is 1. The fraction of sp³-hybridized carbons (Fsp3) is 0.870. The molecule has 0 aromatic heterocycles. The van der Waals surface area contributed by atoms with Gasteiger partial charge in [0, 0.05) is 17.5 Å². The fourth-order valence-corrected chi connectivity index (χ4v) is 8.55. The summed E-state index contributed by atoms with van der Waals surface area (Å²) in [6, 6.07) is 0.276. The largest absolute Gasteiger partial charge is 0.458 e. The Morgan fingerprint density at radius 2 is 1.89 bits per heavy atom. The Bertz CT molecular complexity index is 689. The van der Waals surface area contributed by atoms with E-state index in [2.05, 4.69) is 13.8 Å². The maximum atomic E-state index is 12.2. The number of hydrogen-bond acceptors (Lipinski definition) is 4. The van der Waals surface area contributed by atoms with Gasteiger partial charge in [-0.2, -0.15) is 0 Å². The molecule has 0 spiro atoms. The zero-order valence-corrected chi connectivity index (χ0v) is 16.9. The van der Waals surface area contributed by atoms with Crippen molar-refractivity contribution >= 4 is 5.97 Å². The molecule has 0 amide bonds. The molecule has 4 aliphatic carbocycles. The third-order valence-corrected chi connectivity index (χ3v) is 10.1. The quantitative estimate of drug-likeness (QED) is 0.689. The van der Waals surface area contributed by atoms with Gasteiger partial charge in [0.15, 0.2) is 0 Å². The van der Waals surface area contributed by atoms with Crippen LogP contribution in [0, 0.1) is 34.5 Å². The Kier molecular flexibility index (Phi) is 3.92. The number of rotatable bonds is 1. The van der Waals surface area contributed by atoms with Crippen molar-refractivity contribution in [2.75, 3.05) is 6.61 Å². The van der Waals surface area contributed by atoms with Crippen molar-refractivity contribution in [2.45, 2.75) is 83.3 Å². The van der Waals surface area contributed by atoms with Crippen LogP contribution in [0.1, 0.15) is 71.6 Å². The molecule has 5 aliphatic rings. The van der Waals surface area contributed by atoms with Crippen molar-refractivity contribution < 1.29 is 14.6 Å². The van der Waals surface area contributed by atoms with Crippen LogP contribution >= 0.6 is 0 Å². The van der Waals surface area contributed by atoms with Gasteiger partial charge in [0.2, 0.25) is 0 Å². The first-order valence-corrected chi connectivity index (χ1v) is 11.2. The van der Waals surface area contributed by atoms with Crippen molar-refractivity contribution in [3.8, 4) is 0 Å². The maximum absolute atomic E-state index is 12.2. The van der Waals surface area contributed by atoms with E-state index in [1.54, 1.807) is 6.08 Å². The molecular weight excluding hydrogens is 338 g/mol. The van der Waals surface area contributed by atoms with Gasteiger partial charge < -0.3 is 15.6 Å². The number of hydrogen-bond donors (Lipinski definition) is 2. The maximum Gasteiger partial charge on any atom is 0.331 e. The van der Waals surface area contributed by atoms with Crippen LogP contribution in [0.25, 0.3) is 0 Å². The van der Waals surface area contributed by atoms with Crippen LogP contribution in [0.4, 0.5) is 0 Å². The summed E-state index contributed by atoms with van der Waals surface area (Å²) in [4.78, 5) is 11.6. The molecule has 4 nitrogen and oxygen atoms in total. The van der Waals surface area contributed by atoms with Crippen molar-refractivity contribution in [3.05, 3.63) is 11.6 Å². The molecule has 4 fully saturated rings. The Morgan fingerprint density at radius 3 is 2.63 bits per heavy atom. The molecule has 8 atom stereocenters. The second-order valence-electron chi connectivity index (χ2n) is 10.7. The van der Waals surface area contributed by atoms with Crippen LogP contribution in [0.3, 0.4) is 0 Å². The van der Waals surface area contributed by atoms with Crippen LogP contribution in [0.15, 0.2) is 11.6 Å². The predicted octanol–water partition coefficient (Wildman–Crippen LogP) is 3.57. The Hall–Kier alpha value is -0.870. The summed E-state index contributed by atoms with van der Waals surface area (Å²) < 4.78 is 5.21. The first kappa shape index (κ1) is 18.2. The topological polar surface area (TPSA) is 72.6 Å². The van der Waals surface area contributed by atoms with E-state index in [0.717, 1.165) is 43.6 Å². The molecule has 0 aromatic rings. The van der Waals surface area contributed by atoms with Crippen molar-refractivity contribution in [1.82, 2.24) is 0 Å².